The van der Waals surface area contributed by atoms with Crippen LogP contribution in [0.5, 0.6) is 0 Å². The van der Waals surface area contributed by atoms with Crippen LogP contribution in [0.4, 0.5) is 0 Å². The van der Waals surface area contributed by atoms with Gasteiger partial charge in [-0.3, -0.25) is 0 Å². The zero-order chi connectivity index (χ0) is 14.0. The predicted molar refractivity (Wildman–Crippen MR) is 83.5 cm³/mol. The first-order valence-electron chi connectivity index (χ1n) is 8.65. The molecule has 0 spiro atoms. The molecule has 1 heterocycles. The van der Waals surface area contributed by atoms with Crippen LogP contribution < -0.4 is 0 Å². The monoisotopic (exact) mass is 269 g/mol. The van der Waals surface area contributed by atoms with Gasteiger partial charge < -0.3 is 10.0 Å². The topological polar surface area (TPSA) is 23.5 Å². The fourth-order valence-corrected chi connectivity index (χ4v) is 3.17. The summed E-state index contributed by atoms with van der Waals surface area (Å²) >= 11 is 0. The summed E-state index contributed by atoms with van der Waals surface area (Å²) in [6.07, 6.45) is 13.6. The molecule has 0 unspecified atom stereocenters. The maximum absolute atomic E-state index is 10.6. The lowest BCUT2D eigenvalue weighted by Gasteiger charge is -2.38. The lowest BCUT2D eigenvalue weighted by atomic mass is 9.86. The number of rotatable bonds is 10. The van der Waals surface area contributed by atoms with Crippen molar-refractivity contribution in [3.05, 3.63) is 0 Å². The first-order valence-corrected chi connectivity index (χ1v) is 8.65. The van der Waals surface area contributed by atoms with Gasteiger partial charge in [-0.2, -0.15) is 0 Å². The Balaban J connectivity index is 2.02. The Bertz CT molecular complexity index is 209. The molecule has 0 aliphatic carbocycles. The Morgan fingerprint density at radius 3 is 2.00 bits per heavy atom. The molecule has 0 aromatic heterocycles. The van der Waals surface area contributed by atoms with Gasteiger partial charge in [-0.25, -0.2) is 0 Å². The zero-order valence-corrected chi connectivity index (χ0v) is 13.3. The highest BCUT2D eigenvalue weighted by atomic mass is 16.3. The summed E-state index contributed by atoms with van der Waals surface area (Å²) in [5, 5.41) is 10.6. The van der Waals surface area contributed by atoms with Gasteiger partial charge in [0.25, 0.3) is 0 Å². The van der Waals surface area contributed by atoms with Crippen molar-refractivity contribution >= 4 is 0 Å². The number of piperidine rings is 1. The first kappa shape index (κ1) is 17.0. The van der Waals surface area contributed by atoms with Crippen molar-refractivity contribution in [3.63, 3.8) is 0 Å². The van der Waals surface area contributed by atoms with Gasteiger partial charge in [0.1, 0.15) is 0 Å². The van der Waals surface area contributed by atoms with Crippen LogP contribution in [0.1, 0.15) is 84.5 Å². The van der Waals surface area contributed by atoms with E-state index in [1.54, 1.807) is 0 Å². The second-order valence-corrected chi connectivity index (χ2v) is 6.44. The van der Waals surface area contributed by atoms with E-state index in [-0.39, 0.29) is 5.60 Å². The van der Waals surface area contributed by atoms with E-state index in [0.29, 0.717) is 0 Å². The van der Waals surface area contributed by atoms with E-state index in [2.05, 4.69) is 18.7 Å². The molecule has 0 amide bonds. The fourth-order valence-electron chi connectivity index (χ4n) is 3.17. The van der Waals surface area contributed by atoms with Gasteiger partial charge in [-0.15, -0.1) is 0 Å². The van der Waals surface area contributed by atoms with E-state index in [1.807, 2.05) is 0 Å². The van der Waals surface area contributed by atoms with Gasteiger partial charge in [0.2, 0.25) is 0 Å². The second-order valence-electron chi connectivity index (χ2n) is 6.44. The van der Waals surface area contributed by atoms with E-state index in [9.17, 15) is 5.11 Å². The molecule has 1 aliphatic rings. The molecule has 0 atom stereocenters. The molecule has 0 bridgehead atoms. The minimum atomic E-state index is -0.340. The maximum Gasteiger partial charge on any atom is 0.0672 e. The molecule has 0 radical (unpaired) electrons. The Morgan fingerprint density at radius 2 is 1.42 bits per heavy atom. The molecule has 1 fully saturated rings. The van der Waals surface area contributed by atoms with E-state index in [1.165, 1.54) is 57.9 Å². The second kappa shape index (κ2) is 9.77. The summed E-state index contributed by atoms with van der Waals surface area (Å²) in [6, 6.07) is 0. The smallest absolute Gasteiger partial charge is 0.0672 e. The number of likely N-dealkylation sites (tertiary alicyclic amines) is 1. The number of unbranched alkanes of at least 4 members (excludes halogenated alkanes) is 6. The molecule has 19 heavy (non-hydrogen) atoms. The van der Waals surface area contributed by atoms with Crippen molar-refractivity contribution in [1.29, 1.82) is 0 Å². The zero-order valence-electron chi connectivity index (χ0n) is 13.3. The molecule has 2 heteroatoms. The van der Waals surface area contributed by atoms with Crippen LogP contribution >= 0.6 is 0 Å². The minimum Gasteiger partial charge on any atom is -0.390 e. The summed E-state index contributed by atoms with van der Waals surface area (Å²) in [6.45, 7) is 7.90. The van der Waals surface area contributed by atoms with Crippen LogP contribution in [-0.2, 0) is 0 Å². The molecule has 0 saturated carbocycles. The van der Waals surface area contributed by atoms with Crippen LogP contribution in [0.15, 0.2) is 0 Å². The summed E-state index contributed by atoms with van der Waals surface area (Å²) in [5.41, 5.74) is -0.340. The summed E-state index contributed by atoms with van der Waals surface area (Å²) < 4.78 is 0. The molecule has 114 valence electrons. The van der Waals surface area contributed by atoms with Crippen LogP contribution in [0.3, 0.4) is 0 Å². The third kappa shape index (κ3) is 7.31. The van der Waals surface area contributed by atoms with Crippen LogP contribution in [0.25, 0.3) is 0 Å². The van der Waals surface area contributed by atoms with Crippen LogP contribution in [0, 0.1) is 0 Å². The third-order valence-corrected chi connectivity index (χ3v) is 4.57. The van der Waals surface area contributed by atoms with Crippen LogP contribution in [0.2, 0.25) is 0 Å². The maximum atomic E-state index is 10.6. The van der Waals surface area contributed by atoms with Crippen molar-refractivity contribution in [2.45, 2.75) is 90.1 Å². The largest absolute Gasteiger partial charge is 0.390 e. The van der Waals surface area contributed by atoms with Gasteiger partial charge in [-0.1, -0.05) is 58.8 Å². The Labute approximate surface area is 120 Å². The predicted octanol–water partition coefficient (Wildman–Crippen LogP) is 4.36. The van der Waals surface area contributed by atoms with Crippen molar-refractivity contribution in [3.8, 4) is 0 Å². The quantitative estimate of drug-likeness (QED) is 0.595. The summed E-state index contributed by atoms with van der Waals surface area (Å²) in [5.74, 6) is 0. The number of hydrogen-bond acceptors (Lipinski definition) is 2. The Hall–Kier alpha value is -0.0800. The number of aliphatic hydroxyl groups is 1. The first-order chi connectivity index (χ1) is 9.20. The van der Waals surface area contributed by atoms with E-state index in [0.717, 1.165) is 32.4 Å². The normalized spacial score (nSPS) is 19.7. The summed E-state index contributed by atoms with van der Waals surface area (Å²) in [4.78, 5) is 2.50. The van der Waals surface area contributed by atoms with Gasteiger partial charge >= 0.3 is 0 Å². The number of hydrogen-bond donors (Lipinski definition) is 1. The van der Waals surface area contributed by atoms with E-state index < -0.39 is 0 Å². The fraction of sp³-hybridized carbons (Fsp3) is 1.00. The van der Waals surface area contributed by atoms with Crippen molar-refractivity contribution in [2.75, 3.05) is 19.6 Å². The van der Waals surface area contributed by atoms with Gasteiger partial charge in [-0.05, 0) is 32.2 Å². The average Bonchev–Trinajstić information content (AvgIpc) is 2.41. The molecule has 1 aliphatic heterocycles. The standard InChI is InChI=1S/C17H35NO/c1-3-5-6-7-8-9-10-11-17(19)12-15-18(14-4-2)16-13-17/h19H,3-16H2,1-2H3. The average molecular weight is 269 g/mol. The Kier molecular flexibility index (Phi) is 8.72. The molecule has 1 saturated heterocycles. The molecule has 1 rings (SSSR count). The van der Waals surface area contributed by atoms with E-state index >= 15 is 0 Å². The molecule has 0 aromatic carbocycles. The molecule has 0 aromatic rings. The highest BCUT2D eigenvalue weighted by Crippen LogP contribution is 2.28. The minimum absolute atomic E-state index is 0.340. The molecule has 2 nitrogen and oxygen atoms in total. The summed E-state index contributed by atoms with van der Waals surface area (Å²) in [7, 11) is 0. The van der Waals surface area contributed by atoms with E-state index in [4.69, 9.17) is 0 Å². The third-order valence-electron chi connectivity index (χ3n) is 4.57. The highest BCUT2D eigenvalue weighted by Gasteiger charge is 2.31. The van der Waals surface area contributed by atoms with Gasteiger partial charge in [0, 0.05) is 13.1 Å². The number of nitrogens with zero attached hydrogens (tertiary/aromatic N) is 1. The molecular formula is C17H35NO. The molecular weight excluding hydrogens is 234 g/mol. The molecule has 1 N–H and O–H groups in total. The van der Waals surface area contributed by atoms with Crippen LogP contribution in [-0.4, -0.2) is 35.2 Å². The lowest BCUT2D eigenvalue weighted by Crippen LogP contribution is -2.44. The van der Waals surface area contributed by atoms with Crippen molar-refractivity contribution in [2.24, 2.45) is 0 Å². The van der Waals surface area contributed by atoms with Crippen molar-refractivity contribution < 1.29 is 5.11 Å². The van der Waals surface area contributed by atoms with Gasteiger partial charge in [0.15, 0.2) is 0 Å². The highest BCUT2D eigenvalue weighted by molar-refractivity contribution is 4.85. The van der Waals surface area contributed by atoms with Gasteiger partial charge in [0.05, 0.1) is 5.60 Å². The van der Waals surface area contributed by atoms with Crippen molar-refractivity contribution in [1.82, 2.24) is 4.90 Å². The lowest BCUT2D eigenvalue weighted by molar-refractivity contribution is -0.0291. The Morgan fingerprint density at radius 1 is 0.842 bits per heavy atom. The SMILES string of the molecule is CCCCCCCCCC1(O)CCN(CCC)CC1.